The molecule has 1 unspecified atom stereocenters. The fourth-order valence-electron chi connectivity index (χ4n) is 1.82. The van der Waals surface area contributed by atoms with Crippen molar-refractivity contribution in [3.05, 3.63) is 41.2 Å². The van der Waals surface area contributed by atoms with Gasteiger partial charge in [-0.1, -0.05) is 35.5 Å². The Morgan fingerprint density at radius 3 is 2.86 bits per heavy atom. The van der Waals surface area contributed by atoms with E-state index in [0.717, 1.165) is 23.7 Å². The number of hydrogen-bond donors (Lipinski definition) is 1. The van der Waals surface area contributed by atoms with Crippen molar-refractivity contribution in [1.29, 1.82) is 0 Å². The van der Waals surface area contributed by atoms with E-state index in [9.17, 15) is 5.11 Å². The van der Waals surface area contributed by atoms with Crippen LogP contribution in [0.1, 0.15) is 18.1 Å². The van der Waals surface area contributed by atoms with E-state index in [-0.39, 0.29) is 0 Å². The van der Waals surface area contributed by atoms with Gasteiger partial charge in [-0.3, -0.25) is 0 Å². The minimum Gasteiger partial charge on any atom is -0.388 e. The molecule has 2 rings (SSSR count). The zero-order valence-corrected chi connectivity index (χ0v) is 13.3. The lowest BCUT2D eigenvalue weighted by Crippen LogP contribution is -2.05. The lowest BCUT2D eigenvalue weighted by molar-refractivity contribution is 0.189. The van der Waals surface area contributed by atoms with Crippen LogP contribution < -0.4 is 0 Å². The predicted molar refractivity (Wildman–Crippen MR) is 83.7 cm³/mol. The van der Waals surface area contributed by atoms with Gasteiger partial charge in [-0.2, -0.15) is 0 Å². The highest BCUT2D eigenvalue weighted by molar-refractivity contribution is 7.99. The molecule has 1 aromatic carbocycles. The Balaban J connectivity index is 1.87. The van der Waals surface area contributed by atoms with E-state index in [1.54, 1.807) is 25.6 Å². The summed E-state index contributed by atoms with van der Waals surface area (Å²) < 4.78 is 7.00. The van der Waals surface area contributed by atoms with E-state index in [2.05, 4.69) is 10.2 Å². The van der Waals surface area contributed by atoms with Crippen molar-refractivity contribution >= 4 is 23.4 Å². The molecule has 2 aromatic rings. The van der Waals surface area contributed by atoms with Crippen LogP contribution in [0.5, 0.6) is 0 Å². The summed E-state index contributed by atoms with van der Waals surface area (Å²) in [6.07, 6.45) is 2.05. The maximum absolute atomic E-state index is 10.2. The summed E-state index contributed by atoms with van der Waals surface area (Å²) >= 11 is 7.32. The molecule has 0 saturated carbocycles. The molecule has 1 atom stereocenters. The van der Waals surface area contributed by atoms with Gasteiger partial charge in [0.05, 0.1) is 6.10 Å². The van der Waals surface area contributed by atoms with Gasteiger partial charge in [0.15, 0.2) is 5.16 Å². The van der Waals surface area contributed by atoms with Crippen LogP contribution in [0.15, 0.2) is 35.7 Å². The minimum atomic E-state index is -0.559. The number of benzene rings is 1. The van der Waals surface area contributed by atoms with Crippen molar-refractivity contribution in [3.63, 3.8) is 0 Å². The lowest BCUT2D eigenvalue weighted by Gasteiger charge is -2.11. The SMILES string of the molecule is COCCCn1cnnc1SCC(O)c1ccc(Cl)cc1. The van der Waals surface area contributed by atoms with Crippen LogP contribution in [-0.2, 0) is 11.3 Å². The van der Waals surface area contributed by atoms with E-state index in [1.165, 1.54) is 11.8 Å². The number of ether oxygens (including phenoxy) is 1. The lowest BCUT2D eigenvalue weighted by atomic mass is 10.1. The molecule has 1 N–H and O–H groups in total. The smallest absolute Gasteiger partial charge is 0.191 e. The molecule has 5 nitrogen and oxygen atoms in total. The average Bonchev–Trinajstić information content (AvgIpc) is 2.93. The summed E-state index contributed by atoms with van der Waals surface area (Å²) in [5, 5.41) is 19.6. The van der Waals surface area contributed by atoms with Gasteiger partial charge < -0.3 is 14.4 Å². The standard InChI is InChI=1S/C14H18ClN3O2S/c1-20-8-2-7-18-10-16-17-14(18)21-9-13(19)11-3-5-12(15)6-4-11/h3-6,10,13,19H,2,7-9H2,1H3. The number of halogens is 1. The molecule has 21 heavy (non-hydrogen) atoms. The maximum atomic E-state index is 10.2. The van der Waals surface area contributed by atoms with Crippen LogP contribution in [0.3, 0.4) is 0 Å². The van der Waals surface area contributed by atoms with Gasteiger partial charge in [-0.15, -0.1) is 10.2 Å². The van der Waals surface area contributed by atoms with E-state index >= 15 is 0 Å². The zero-order chi connectivity index (χ0) is 15.1. The molecule has 0 aliphatic heterocycles. The largest absolute Gasteiger partial charge is 0.388 e. The number of hydrogen-bond acceptors (Lipinski definition) is 5. The quantitative estimate of drug-likeness (QED) is 0.596. The monoisotopic (exact) mass is 327 g/mol. The number of aryl methyl sites for hydroxylation is 1. The highest BCUT2D eigenvalue weighted by atomic mass is 35.5. The number of methoxy groups -OCH3 is 1. The highest BCUT2D eigenvalue weighted by Crippen LogP contribution is 2.24. The Morgan fingerprint density at radius 1 is 1.38 bits per heavy atom. The molecule has 0 fully saturated rings. The Hall–Kier alpha value is -1.08. The molecule has 0 amide bonds. The summed E-state index contributed by atoms with van der Waals surface area (Å²) in [5.74, 6) is 0.518. The van der Waals surface area contributed by atoms with Gasteiger partial charge in [-0.25, -0.2) is 0 Å². The minimum absolute atomic E-state index is 0.518. The van der Waals surface area contributed by atoms with E-state index in [0.29, 0.717) is 17.4 Å². The normalized spacial score (nSPS) is 12.5. The zero-order valence-electron chi connectivity index (χ0n) is 11.8. The number of thioether (sulfide) groups is 1. The molecular weight excluding hydrogens is 310 g/mol. The van der Waals surface area contributed by atoms with Crippen molar-refractivity contribution < 1.29 is 9.84 Å². The van der Waals surface area contributed by atoms with Crippen molar-refractivity contribution in [2.45, 2.75) is 24.2 Å². The van der Waals surface area contributed by atoms with Crippen molar-refractivity contribution in [3.8, 4) is 0 Å². The molecule has 114 valence electrons. The number of rotatable bonds is 8. The third kappa shape index (κ3) is 5.00. The number of aliphatic hydroxyl groups excluding tert-OH is 1. The number of nitrogens with zero attached hydrogens (tertiary/aromatic N) is 3. The topological polar surface area (TPSA) is 60.2 Å². The third-order valence-electron chi connectivity index (χ3n) is 2.95. The first-order valence-corrected chi connectivity index (χ1v) is 8.00. The van der Waals surface area contributed by atoms with Crippen molar-refractivity contribution in [2.75, 3.05) is 19.5 Å². The van der Waals surface area contributed by atoms with Crippen LogP contribution in [0.25, 0.3) is 0 Å². The van der Waals surface area contributed by atoms with Gasteiger partial charge >= 0.3 is 0 Å². The second-order valence-electron chi connectivity index (χ2n) is 4.53. The van der Waals surface area contributed by atoms with Crippen LogP contribution in [0, 0.1) is 0 Å². The van der Waals surface area contributed by atoms with Crippen LogP contribution in [0.4, 0.5) is 0 Å². The van der Waals surface area contributed by atoms with Gasteiger partial charge in [0, 0.05) is 31.0 Å². The molecular formula is C14H18ClN3O2S. The molecule has 1 aromatic heterocycles. The Morgan fingerprint density at radius 2 is 2.14 bits per heavy atom. The first kappa shape index (κ1) is 16.3. The molecule has 0 aliphatic rings. The molecule has 0 aliphatic carbocycles. The van der Waals surface area contributed by atoms with Gasteiger partial charge in [-0.05, 0) is 24.1 Å². The summed E-state index contributed by atoms with van der Waals surface area (Å²) in [7, 11) is 1.68. The van der Waals surface area contributed by atoms with E-state index in [1.807, 2.05) is 16.7 Å². The van der Waals surface area contributed by atoms with E-state index in [4.69, 9.17) is 16.3 Å². The highest BCUT2D eigenvalue weighted by Gasteiger charge is 2.11. The molecule has 0 saturated heterocycles. The second kappa shape index (κ2) is 8.38. The summed E-state index contributed by atoms with van der Waals surface area (Å²) in [4.78, 5) is 0. The third-order valence-corrected chi connectivity index (χ3v) is 4.26. The van der Waals surface area contributed by atoms with Gasteiger partial charge in [0.2, 0.25) is 0 Å². The summed E-state index contributed by atoms with van der Waals surface area (Å²) in [5.41, 5.74) is 0.845. The fourth-order valence-corrected chi connectivity index (χ4v) is 2.86. The van der Waals surface area contributed by atoms with Crippen LogP contribution in [0.2, 0.25) is 5.02 Å². The summed E-state index contributed by atoms with van der Waals surface area (Å²) in [6, 6.07) is 7.21. The van der Waals surface area contributed by atoms with Gasteiger partial charge in [0.25, 0.3) is 0 Å². The van der Waals surface area contributed by atoms with Gasteiger partial charge in [0.1, 0.15) is 6.33 Å². The Kier molecular flexibility index (Phi) is 6.50. The van der Waals surface area contributed by atoms with Crippen LogP contribution in [-0.4, -0.2) is 39.3 Å². The molecule has 0 radical (unpaired) electrons. The Labute approximate surface area is 133 Å². The molecule has 0 bridgehead atoms. The fraction of sp³-hybridized carbons (Fsp3) is 0.429. The second-order valence-corrected chi connectivity index (χ2v) is 5.96. The summed E-state index contributed by atoms with van der Waals surface area (Å²) in [6.45, 7) is 1.51. The molecule has 7 heteroatoms. The average molecular weight is 328 g/mol. The van der Waals surface area contributed by atoms with E-state index < -0.39 is 6.10 Å². The number of aliphatic hydroxyl groups is 1. The first-order chi connectivity index (χ1) is 10.2. The van der Waals surface area contributed by atoms with Crippen LogP contribution >= 0.6 is 23.4 Å². The molecule has 0 spiro atoms. The van der Waals surface area contributed by atoms with Crippen molar-refractivity contribution in [1.82, 2.24) is 14.8 Å². The maximum Gasteiger partial charge on any atom is 0.191 e. The molecule has 1 heterocycles. The Bertz CT molecular complexity index is 547. The van der Waals surface area contributed by atoms with Crippen molar-refractivity contribution in [2.24, 2.45) is 0 Å². The number of aromatic nitrogens is 3. The predicted octanol–water partition coefficient (Wildman–Crippen LogP) is 2.79. The first-order valence-electron chi connectivity index (χ1n) is 6.64.